The Morgan fingerprint density at radius 3 is 2.65 bits per heavy atom. The van der Waals surface area contributed by atoms with E-state index in [1.807, 2.05) is 0 Å². The number of anilines is 1. The molecule has 20 heavy (non-hydrogen) atoms. The second-order valence-corrected chi connectivity index (χ2v) is 3.85. The molecule has 0 aliphatic carbocycles. The highest BCUT2D eigenvalue weighted by Crippen LogP contribution is 2.18. The summed E-state index contributed by atoms with van der Waals surface area (Å²) < 4.78 is 31.6. The fourth-order valence-corrected chi connectivity index (χ4v) is 1.38. The fourth-order valence-electron chi connectivity index (χ4n) is 1.38. The quantitative estimate of drug-likeness (QED) is 0.508. The maximum atomic E-state index is 13.5. The Hall–Kier alpha value is -2.22. The fraction of sp³-hybridized carbons (Fsp3) is 0.333. The summed E-state index contributed by atoms with van der Waals surface area (Å²) in [5, 5.41) is 4.55. The zero-order valence-electron chi connectivity index (χ0n) is 10.8. The van der Waals surface area contributed by atoms with Crippen molar-refractivity contribution in [1.29, 1.82) is 0 Å². The smallest absolute Gasteiger partial charge is 0.257 e. The molecule has 0 bridgehead atoms. The minimum atomic E-state index is -1.15. The van der Waals surface area contributed by atoms with Gasteiger partial charge in [0.1, 0.15) is 11.4 Å². The van der Waals surface area contributed by atoms with Gasteiger partial charge in [-0.15, -0.1) is 0 Å². The van der Waals surface area contributed by atoms with Gasteiger partial charge in [0, 0.05) is 13.7 Å². The summed E-state index contributed by atoms with van der Waals surface area (Å²) in [6.45, 7) is 0.181. The van der Waals surface area contributed by atoms with Crippen LogP contribution in [0.4, 0.5) is 14.5 Å². The van der Waals surface area contributed by atoms with E-state index in [0.29, 0.717) is 6.61 Å². The molecule has 6 nitrogen and oxygen atoms in total. The summed E-state index contributed by atoms with van der Waals surface area (Å²) in [7, 11) is 1.47. The van der Waals surface area contributed by atoms with Gasteiger partial charge in [-0.05, 0) is 12.1 Å². The van der Waals surface area contributed by atoms with Crippen molar-refractivity contribution >= 4 is 17.5 Å². The van der Waals surface area contributed by atoms with E-state index in [4.69, 9.17) is 10.5 Å². The number of halogens is 2. The van der Waals surface area contributed by atoms with E-state index in [1.165, 1.54) is 7.11 Å². The first-order valence-electron chi connectivity index (χ1n) is 5.74. The highest BCUT2D eigenvalue weighted by atomic mass is 19.1. The molecule has 0 aliphatic heterocycles. The number of rotatable bonds is 6. The Morgan fingerprint density at radius 2 is 2.00 bits per heavy atom. The summed E-state index contributed by atoms with van der Waals surface area (Å²) in [4.78, 5) is 22.9. The number of methoxy groups -OCH3 is 1. The van der Waals surface area contributed by atoms with Crippen molar-refractivity contribution in [3.63, 3.8) is 0 Å². The first-order valence-corrected chi connectivity index (χ1v) is 5.74. The van der Waals surface area contributed by atoms with Crippen LogP contribution >= 0.6 is 0 Å². The predicted octanol–water partition coefficient (Wildman–Crippen LogP) is 0.0394. The first-order chi connectivity index (χ1) is 9.47. The molecule has 8 heteroatoms. The van der Waals surface area contributed by atoms with Gasteiger partial charge >= 0.3 is 0 Å². The van der Waals surface area contributed by atoms with Crippen molar-refractivity contribution in [2.24, 2.45) is 0 Å². The third-order valence-corrected chi connectivity index (χ3v) is 2.39. The predicted molar refractivity (Wildman–Crippen MR) is 68.0 cm³/mol. The van der Waals surface area contributed by atoms with Crippen LogP contribution in [0, 0.1) is 11.6 Å². The van der Waals surface area contributed by atoms with Crippen LogP contribution in [-0.4, -0.2) is 38.6 Å². The van der Waals surface area contributed by atoms with Gasteiger partial charge in [-0.1, -0.05) is 0 Å². The Labute approximate surface area is 114 Å². The molecule has 0 aliphatic rings. The van der Waals surface area contributed by atoms with Crippen LogP contribution in [0.15, 0.2) is 12.1 Å². The second kappa shape index (κ2) is 7.39. The molecular weight excluding hydrogens is 272 g/mol. The molecule has 0 spiro atoms. The molecule has 0 unspecified atom stereocenters. The SMILES string of the molecule is COCCNC(=O)CNC(=O)c1c(F)ccc(N)c1F. The average molecular weight is 287 g/mol. The largest absolute Gasteiger partial charge is 0.396 e. The second-order valence-electron chi connectivity index (χ2n) is 3.85. The van der Waals surface area contributed by atoms with Gasteiger partial charge in [-0.3, -0.25) is 9.59 Å². The highest BCUT2D eigenvalue weighted by Gasteiger charge is 2.19. The number of nitrogens with two attached hydrogens (primary N) is 1. The molecule has 0 saturated carbocycles. The molecule has 0 saturated heterocycles. The van der Waals surface area contributed by atoms with Gasteiger partial charge in [0.25, 0.3) is 5.91 Å². The van der Waals surface area contributed by atoms with Gasteiger partial charge in [0.15, 0.2) is 5.82 Å². The van der Waals surface area contributed by atoms with Crippen molar-refractivity contribution in [3.05, 3.63) is 29.3 Å². The maximum Gasteiger partial charge on any atom is 0.257 e. The molecule has 1 aromatic carbocycles. The Kier molecular flexibility index (Phi) is 5.85. The number of nitrogen functional groups attached to an aromatic ring is 1. The number of hydrogen-bond donors (Lipinski definition) is 3. The lowest BCUT2D eigenvalue weighted by Crippen LogP contribution is -2.38. The number of amides is 2. The molecule has 0 radical (unpaired) electrons. The number of nitrogens with one attached hydrogen (secondary N) is 2. The van der Waals surface area contributed by atoms with Gasteiger partial charge in [-0.25, -0.2) is 8.78 Å². The monoisotopic (exact) mass is 287 g/mol. The minimum Gasteiger partial charge on any atom is -0.396 e. The van der Waals surface area contributed by atoms with E-state index in [-0.39, 0.29) is 12.2 Å². The zero-order valence-corrected chi connectivity index (χ0v) is 10.8. The van der Waals surface area contributed by atoms with E-state index < -0.39 is 35.6 Å². The summed E-state index contributed by atoms with van der Waals surface area (Å²) in [6, 6.07) is 1.89. The van der Waals surface area contributed by atoms with Gasteiger partial charge < -0.3 is 21.1 Å². The number of hydrogen-bond acceptors (Lipinski definition) is 4. The van der Waals surface area contributed by atoms with Gasteiger partial charge in [0.2, 0.25) is 5.91 Å². The molecule has 2 amide bonds. The lowest BCUT2D eigenvalue weighted by atomic mass is 10.1. The average Bonchev–Trinajstić information content (AvgIpc) is 2.41. The van der Waals surface area contributed by atoms with Crippen LogP contribution in [0.2, 0.25) is 0 Å². The Bertz CT molecular complexity index is 509. The van der Waals surface area contributed by atoms with Crippen molar-refractivity contribution in [2.75, 3.05) is 32.5 Å². The summed E-state index contributed by atoms with van der Waals surface area (Å²) in [6.07, 6.45) is 0. The molecule has 1 rings (SSSR count). The van der Waals surface area contributed by atoms with Crippen LogP contribution < -0.4 is 16.4 Å². The summed E-state index contributed by atoms with van der Waals surface area (Å²) in [5.74, 6) is -3.74. The van der Waals surface area contributed by atoms with E-state index >= 15 is 0 Å². The van der Waals surface area contributed by atoms with Crippen LogP contribution in [0.1, 0.15) is 10.4 Å². The van der Waals surface area contributed by atoms with Crippen LogP contribution in [0.25, 0.3) is 0 Å². The van der Waals surface area contributed by atoms with Crippen LogP contribution in [-0.2, 0) is 9.53 Å². The van der Waals surface area contributed by atoms with Crippen molar-refractivity contribution in [3.8, 4) is 0 Å². The van der Waals surface area contributed by atoms with E-state index in [1.54, 1.807) is 0 Å². The molecule has 0 fully saturated rings. The number of ether oxygens (including phenoxy) is 1. The highest BCUT2D eigenvalue weighted by molar-refractivity contribution is 5.97. The summed E-state index contributed by atoms with van der Waals surface area (Å²) in [5.41, 5.74) is 4.09. The lowest BCUT2D eigenvalue weighted by molar-refractivity contribution is -0.120. The molecule has 4 N–H and O–H groups in total. The minimum absolute atomic E-state index is 0.270. The zero-order chi connectivity index (χ0) is 15.1. The van der Waals surface area contributed by atoms with E-state index in [9.17, 15) is 18.4 Å². The number of benzene rings is 1. The molecule has 110 valence electrons. The Balaban J connectivity index is 2.60. The van der Waals surface area contributed by atoms with Crippen LogP contribution in [0.5, 0.6) is 0 Å². The maximum absolute atomic E-state index is 13.5. The molecule has 0 heterocycles. The third kappa shape index (κ3) is 4.16. The number of carbonyl (C=O) groups excluding carboxylic acids is 2. The molecule has 0 aromatic heterocycles. The van der Waals surface area contributed by atoms with Gasteiger partial charge in [-0.2, -0.15) is 0 Å². The van der Waals surface area contributed by atoms with Crippen molar-refractivity contribution < 1.29 is 23.1 Å². The first kappa shape index (κ1) is 15.8. The topological polar surface area (TPSA) is 93.5 Å². The normalized spacial score (nSPS) is 10.2. The van der Waals surface area contributed by atoms with Crippen LogP contribution in [0.3, 0.4) is 0 Å². The lowest BCUT2D eigenvalue weighted by Gasteiger charge is -2.09. The standard InChI is InChI=1S/C12H15F2N3O3/c1-20-5-4-16-9(18)6-17-12(19)10-7(13)2-3-8(15)11(10)14/h2-3H,4-6,15H2,1H3,(H,16,18)(H,17,19). The van der Waals surface area contributed by atoms with Crippen molar-refractivity contribution in [2.45, 2.75) is 0 Å². The van der Waals surface area contributed by atoms with E-state index in [2.05, 4.69) is 10.6 Å². The number of carbonyl (C=O) groups is 2. The third-order valence-electron chi connectivity index (χ3n) is 2.39. The summed E-state index contributed by atoms with van der Waals surface area (Å²) >= 11 is 0. The van der Waals surface area contributed by atoms with E-state index in [0.717, 1.165) is 12.1 Å². The Morgan fingerprint density at radius 1 is 1.30 bits per heavy atom. The molecule has 1 aromatic rings. The molecular formula is C12H15F2N3O3. The van der Waals surface area contributed by atoms with Crippen molar-refractivity contribution in [1.82, 2.24) is 10.6 Å². The molecule has 0 atom stereocenters. The van der Waals surface area contributed by atoms with Gasteiger partial charge in [0.05, 0.1) is 18.8 Å².